The van der Waals surface area contributed by atoms with E-state index in [1.165, 1.54) is 25.1 Å². The van der Waals surface area contributed by atoms with Crippen molar-refractivity contribution in [3.05, 3.63) is 69.5 Å². The molecule has 0 amide bonds. The Bertz CT molecular complexity index is 683. The Morgan fingerprint density at radius 2 is 1.80 bits per heavy atom. The summed E-state index contributed by atoms with van der Waals surface area (Å²) in [4.78, 5) is 12.0. The topological polar surface area (TPSA) is 17.1 Å². The molecule has 2 aromatic rings. The van der Waals surface area contributed by atoms with Crippen molar-refractivity contribution in [2.75, 3.05) is 0 Å². The molecule has 0 saturated carbocycles. The van der Waals surface area contributed by atoms with Gasteiger partial charge < -0.3 is 0 Å². The molecule has 2 aromatic carbocycles. The summed E-state index contributed by atoms with van der Waals surface area (Å²) < 4.78 is 40.6. The van der Waals surface area contributed by atoms with Crippen molar-refractivity contribution in [1.82, 2.24) is 0 Å². The summed E-state index contributed by atoms with van der Waals surface area (Å²) in [5.74, 6) is -3.23. The van der Waals surface area contributed by atoms with Crippen molar-refractivity contribution in [2.45, 2.75) is 13.3 Å². The first-order valence-electron chi connectivity index (χ1n) is 5.82. The number of Topliss-reactive ketones (excluding diaryl/α,β-unsaturated/α-hetero) is 1. The maximum absolute atomic E-state index is 13.8. The molecular weight excluding hydrogens is 289 g/mol. The van der Waals surface area contributed by atoms with Crippen molar-refractivity contribution in [1.29, 1.82) is 0 Å². The molecule has 0 aliphatic rings. The number of hydrogen-bond donors (Lipinski definition) is 0. The van der Waals surface area contributed by atoms with E-state index in [9.17, 15) is 18.0 Å². The van der Waals surface area contributed by atoms with Crippen LogP contribution in [-0.2, 0) is 6.42 Å². The van der Waals surface area contributed by atoms with Gasteiger partial charge in [0.05, 0.1) is 10.6 Å². The minimum Gasteiger partial charge on any atom is -0.294 e. The lowest BCUT2D eigenvalue weighted by atomic mass is 10.00. The van der Waals surface area contributed by atoms with Crippen LogP contribution in [0.25, 0.3) is 0 Å². The first-order chi connectivity index (χ1) is 9.40. The van der Waals surface area contributed by atoms with Crippen molar-refractivity contribution in [3.8, 4) is 0 Å². The minimum absolute atomic E-state index is 0.0749. The highest BCUT2D eigenvalue weighted by Gasteiger charge is 2.19. The Hall–Kier alpha value is -1.81. The van der Waals surface area contributed by atoms with Crippen molar-refractivity contribution in [3.63, 3.8) is 0 Å². The van der Waals surface area contributed by atoms with E-state index in [1.54, 1.807) is 0 Å². The van der Waals surface area contributed by atoms with Gasteiger partial charge in [0.15, 0.2) is 5.78 Å². The molecule has 0 radical (unpaired) electrons. The second-order valence-corrected chi connectivity index (χ2v) is 4.81. The lowest BCUT2D eigenvalue weighted by Crippen LogP contribution is -2.10. The van der Waals surface area contributed by atoms with Crippen LogP contribution in [0.3, 0.4) is 0 Å². The smallest absolute Gasteiger partial charge is 0.173 e. The first-order valence-corrected chi connectivity index (χ1v) is 6.19. The molecule has 0 aliphatic carbocycles. The number of rotatable bonds is 3. The lowest BCUT2D eigenvalue weighted by Gasteiger charge is -2.07. The molecule has 20 heavy (non-hydrogen) atoms. The normalized spacial score (nSPS) is 10.7. The van der Waals surface area contributed by atoms with Gasteiger partial charge in [-0.1, -0.05) is 23.7 Å². The molecule has 0 spiro atoms. The molecular formula is C15H10ClF3O. The average Bonchev–Trinajstić information content (AvgIpc) is 2.39. The zero-order valence-electron chi connectivity index (χ0n) is 10.5. The molecule has 104 valence electrons. The Kier molecular flexibility index (Phi) is 4.14. The predicted molar refractivity (Wildman–Crippen MR) is 70.5 cm³/mol. The highest BCUT2D eigenvalue weighted by Crippen LogP contribution is 2.20. The van der Waals surface area contributed by atoms with Gasteiger partial charge in [0, 0.05) is 6.42 Å². The molecule has 1 nitrogen and oxygen atoms in total. The summed E-state index contributed by atoms with van der Waals surface area (Å²) in [5, 5.41) is -0.0749. The number of carbonyl (C=O) groups is 1. The van der Waals surface area contributed by atoms with Gasteiger partial charge in [0.2, 0.25) is 0 Å². The number of carbonyl (C=O) groups excluding carboxylic acids is 1. The highest BCUT2D eigenvalue weighted by molar-refractivity contribution is 6.30. The van der Waals surface area contributed by atoms with Crippen LogP contribution in [0.15, 0.2) is 30.3 Å². The van der Waals surface area contributed by atoms with Crippen LogP contribution in [0.5, 0.6) is 0 Å². The molecule has 2 rings (SSSR count). The Labute approximate surface area is 119 Å². The van der Waals surface area contributed by atoms with Gasteiger partial charge in [0.1, 0.15) is 17.5 Å². The largest absolute Gasteiger partial charge is 0.294 e. The Balaban J connectivity index is 2.33. The zero-order valence-corrected chi connectivity index (χ0v) is 11.3. The van der Waals surface area contributed by atoms with Crippen LogP contribution in [-0.4, -0.2) is 5.78 Å². The molecule has 0 heterocycles. The van der Waals surface area contributed by atoms with Crippen LogP contribution in [0.4, 0.5) is 13.2 Å². The fourth-order valence-electron chi connectivity index (χ4n) is 1.84. The second kappa shape index (κ2) is 5.67. The molecule has 0 atom stereocenters. The van der Waals surface area contributed by atoms with E-state index in [0.717, 1.165) is 12.1 Å². The zero-order chi connectivity index (χ0) is 14.9. The Morgan fingerprint density at radius 1 is 1.10 bits per heavy atom. The van der Waals surface area contributed by atoms with Gasteiger partial charge >= 0.3 is 0 Å². The number of benzene rings is 2. The summed E-state index contributed by atoms with van der Waals surface area (Å²) in [7, 11) is 0. The Morgan fingerprint density at radius 3 is 2.45 bits per heavy atom. The lowest BCUT2D eigenvalue weighted by molar-refractivity contribution is 0.0984. The third-order valence-electron chi connectivity index (χ3n) is 2.91. The summed E-state index contributed by atoms with van der Waals surface area (Å²) >= 11 is 5.53. The van der Waals surface area contributed by atoms with Crippen molar-refractivity contribution >= 4 is 17.4 Å². The van der Waals surface area contributed by atoms with Crippen LogP contribution < -0.4 is 0 Å². The summed E-state index contributed by atoms with van der Waals surface area (Å²) in [6.07, 6.45) is -0.300. The molecule has 0 fully saturated rings. The predicted octanol–water partition coefficient (Wildman–Crippen LogP) is 4.49. The maximum Gasteiger partial charge on any atom is 0.173 e. The third kappa shape index (κ3) is 2.85. The molecule has 0 aromatic heterocycles. The van der Waals surface area contributed by atoms with E-state index in [0.29, 0.717) is 5.56 Å². The van der Waals surface area contributed by atoms with Gasteiger partial charge in [0.25, 0.3) is 0 Å². The number of aryl methyl sites for hydroxylation is 1. The number of halogens is 4. The molecule has 0 saturated heterocycles. The number of ketones is 1. The van der Waals surface area contributed by atoms with E-state index < -0.39 is 28.8 Å². The van der Waals surface area contributed by atoms with Gasteiger partial charge in [-0.2, -0.15) is 0 Å². The van der Waals surface area contributed by atoms with Gasteiger partial charge in [-0.15, -0.1) is 0 Å². The fourth-order valence-corrected chi connectivity index (χ4v) is 1.95. The van der Waals surface area contributed by atoms with E-state index in [2.05, 4.69) is 0 Å². The van der Waals surface area contributed by atoms with E-state index >= 15 is 0 Å². The molecule has 0 unspecified atom stereocenters. The second-order valence-electron chi connectivity index (χ2n) is 4.40. The van der Waals surface area contributed by atoms with Crippen molar-refractivity contribution < 1.29 is 18.0 Å². The SMILES string of the molecule is Cc1ccc(F)c(C(=O)Cc2ccc(Cl)c(F)c2)c1F. The van der Waals surface area contributed by atoms with E-state index in [1.807, 2.05) is 0 Å². The summed E-state index contributed by atoms with van der Waals surface area (Å²) in [5.41, 5.74) is -0.116. The quantitative estimate of drug-likeness (QED) is 0.763. The highest BCUT2D eigenvalue weighted by atomic mass is 35.5. The van der Waals surface area contributed by atoms with E-state index in [-0.39, 0.29) is 17.0 Å². The maximum atomic E-state index is 13.8. The van der Waals surface area contributed by atoms with Crippen LogP contribution >= 0.6 is 11.6 Å². The summed E-state index contributed by atoms with van der Waals surface area (Å²) in [6, 6.07) is 6.10. The van der Waals surface area contributed by atoms with E-state index in [4.69, 9.17) is 11.6 Å². The van der Waals surface area contributed by atoms with Gasteiger partial charge in [-0.05, 0) is 36.2 Å². The van der Waals surface area contributed by atoms with Crippen molar-refractivity contribution in [2.24, 2.45) is 0 Å². The molecule has 0 N–H and O–H groups in total. The minimum atomic E-state index is -0.924. The third-order valence-corrected chi connectivity index (χ3v) is 3.22. The summed E-state index contributed by atoms with van der Waals surface area (Å²) in [6.45, 7) is 1.44. The average molecular weight is 299 g/mol. The monoisotopic (exact) mass is 298 g/mol. The van der Waals surface area contributed by atoms with Crippen LogP contribution in [0.1, 0.15) is 21.5 Å². The standard InChI is InChI=1S/C15H10ClF3O/c1-8-2-5-11(17)14(15(8)19)13(20)7-9-3-4-10(16)12(18)6-9/h2-6H,7H2,1H3. The van der Waals surface area contributed by atoms with Gasteiger partial charge in [-0.25, -0.2) is 13.2 Å². The van der Waals surface area contributed by atoms with Gasteiger partial charge in [-0.3, -0.25) is 4.79 Å². The van der Waals surface area contributed by atoms with Crippen LogP contribution in [0.2, 0.25) is 5.02 Å². The fraction of sp³-hybridized carbons (Fsp3) is 0.133. The van der Waals surface area contributed by atoms with Crippen LogP contribution in [0, 0.1) is 24.4 Å². The molecule has 0 aliphatic heterocycles. The number of hydrogen-bond acceptors (Lipinski definition) is 1. The molecule has 0 bridgehead atoms. The first kappa shape index (κ1) is 14.6. The molecule has 5 heteroatoms.